The normalized spacial score (nSPS) is 19.9. The molecule has 19 heavy (non-hydrogen) atoms. The van der Waals surface area contributed by atoms with Crippen LogP contribution in [0.2, 0.25) is 0 Å². The molecule has 102 valence electrons. The van der Waals surface area contributed by atoms with Crippen LogP contribution in [-0.2, 0) is 17.7 Å². The lowest BCUT2D eigenvalue weighted by molar-refractivity contribution is 0.0276. The minimum atomic E-state index is 0.231. The van der Waals surface area contributed by atoms with Crippen molar-refractivity contribution in [2.45, 2.75) is 32.4 Å². The first kappa shape index (κ1) is 12.6. The summed E-state index contributed by atoms with van der Waals surface area (Å²) in [6.45, 7) is 5.84. The third kappa shape index (κ3) is 2.62. The summed E-state index contributed by atoms with van der Waals surface area (Å²) < 4.78 is 8.08. The van der Waals surface area contributed by atoms with Gasteiger partial charge in [-0.05, 0) is 12.5 Å². The number of hydrogen-bond acceptors (Lipinski definition) is 4. The molecule has 1 saturated heterocycles. The first-order valence-electron chi connectivity index (χ1n) is 7.00. The average Bonchev–Trinajstić information content (AvgIpc) is 2.79. The third-order valence-electron chi connectivity index (χ3n) is 3.49. The molecule has 1 fully saturated rings. The summed E-state index contributed by atoms with van der Waals surface area (Å²) in [5.74, 6) is 1.11. The quantitative estimate of drug-likeness (QED) is 0.902. The van der Waals surface area contributed by atoms with E-state index < -0.39 is 0 Å². The number of imidazole rings is 1. The highest BCUT2D eigenvalue weighted by Crippen LogP contribution is 2.17. The number of fused-ring (bicyclic) bond motifs is 1. The molecule has 5 heteroatoms. The summed E-state index contributed by atoms with van der Waals surface area (Å²) in [4.78, 5) is 8.87. The predicted molar refractivity (Wildman–Crippen MR) is 74.1 cm³/mol. The SMILES string of the molecule is CCCn1c(CC2CNCCO2)nc2cnccc21. The Morgan fingerprint density at radius 3 is 3.26 bits per heavy atom. The Kier molecular flexibility index (Phi) is 3.75. The highest BCUT2D eigenvalue weighted by atomic mass is 16.5. The van der Waals surface area contributed by atoms with Crippen LogP contribution in [0.15, 0.2) is 18.5 Å². The number of aryl methyl sites for hydroxylation is 1. The molecule has 0 radical (unpaired) electrons. The number of pyridine rings is 1. The van der Waals surface area contributed by atoms with Gasteiger partial charge < -0.3 is 14.6 Å². The molecule has 0 amide bonds. The molecule has 3 heterocycles. The standard InChI is InChI=1S/C14H20N4O/c1-2-6-18-13-3-4-15-10-12(13)17-14(18)8-11-9-16-5-7-19-11/h3-4,10-11,16H,2,5-9H2,1H3. The topological polar surface area (TPSA) is 52.0 Å². The van der Waals surface area contributed by atoms with Crippen LogP contribution in [-0.4, -0.2) is 40.3 Å². The maximum absolute atomic E-state index is 5.78. The van der Waals surface area contributed by atoms with Gasteiger partial charge in [0.25, 0.3) is 0 Å². The fourth-order valence-electron chi connectivity index (χ4n) is 2.62. The number of ether oxygens (including phenoxy) is 1. The molecule has 0 bridgehead atoms. The summed E-state index contributed by atoms with van der Waals surface area (Å²) in [7, 11) is 0. The van der Waals surface area contributed by atoms with E-state index in [-0.39, 0.29) is 6.10 Å². The van der Waals surface area contributed by atoms with Crippen molar-refractivity contribution in [2.75, 3.05) is 19.7 Å². The Bertz CT molecular complexity index is 545. The van der Waals surface area contributed by atoms with Gasteiger partial charge in [-0.3, -0.25) is 4.98 Å². The molecule has 1 aliphatic heterocycles. The molecule has 0 aliphatic carbocycles. The van der Waals surface area contributed by atoms with Crippen LogP contribution in [0.5, 0.6) is 0 Å². The summed E-state index contributed by atoms with van der Waals surface area (Å²) in [6.07, 6.45) is 5.87. The second-order valence-corrected chi connectivity index (χ2v) is 4.95. The van der Waals surface area contributed by atoms with Crippen molar-refractivity contribution in [3.05, 3.63) is 24.3 Å². The van der Waals surface area contributed by atoms with E-state index in [0.29, 0.717) is 0 Å². The smallest absolute Gasteiger partial charge is 0.112 e. The summed E-state index contributed by atoms with van der Waals surface area (Å²) in [6, 6.07) is 2.04. The molecule has 1 N–H and O–H groups in total. The number of aromatic nitrogens is 3. The molecule has 0 spiro atoms. The summed E-state index contributed by atoms with van der Waals surface area (Å²) in [5, 5.41) is 3.37. The third-order valence-corrected chi connectivity index (χ3v) is 3.49. The highest BCUT2D eigenvalue weighted by molar-refractivity contribution is 5.74. The summed E-state index contributed by atoms with van der Waals surface area (Å²) >= 11 is 0. The maximum Gasteiger partial charge on any atom is 0.112 e. The lowest BCUT2D eigenvalue weighted by atomic mass is 10.2. The molecular formula is C14H20N4O. The fourth-order valence-corrected chi connectivity index (χ4v) is 2.62. The molecule has 1 unspecified atom stereocenters. The molecule has 0 saturated carbocycles. The van der Waals surface area contributed by atoms with Crippen molar-refractivity contribution in [3.63, 3.8) is 0 Å². The van der Waals surface area contributed by atoms with Crippen LogP contribution in [0.25, 0.3) is 11.0 Å². The Morgan fingerprint density at radius 1 is 1.53 bits per heavy atom. The number of rotatable bonds is 4. The van der Waals surface area contributed by atoms with E-state index in [1.807, 2.05) is 18.5 Å². The van der Waals surface area contributed by atoms with E-state index in [2.05, 4.69) is 21.8 Å². The first-order chi connectivity index (χ1) is 9.38. The van der Waals surface area contributed by atoms with Gasteiger partial charge in [0.15, 0.2) is 0 Å². The second-order valence-electron chi connectivity index (χ2n) is 4.95. The zero-order valence-electron chi connectivity index (χ0n) is 11.3. The average molecular weight is 260 g/mol. The van der Waals surface area contributed by atoms with Gasteiger partial charge in [-0.2, -0.15) is 0 Å². The molecule has 2 aromatic heterocycles. The van der Waals surface area contributed by atoms with Crippen LogP contribution in [0.3, 0.4) is 0 Å². The molecule has 1 aliphatic rings. The maximum atomic E-state index is 5.78. The Balaban J connectivity index is 1.90. The molecule has 1 atom stereocenters. The summed E-state index contributed by atoms with van der Waals surface area (Å²) in [5.41, 5.74) is 2.16. The van der Waals surface area contributed by atoms with E-state index >= 15 is 0 Å². The van der Waals surface area contributed by atoms with Gasteiger partial charge >= 0.3 is 0 Å². The van der Waals surface area contributed by atoms with Gasteiger partial charge in [0, 0.05) is 32.3 Å². The number of nitrogens with one attached hydrogen (secondary N) is 1. The van der Waals surface area contributed by atoms with Gasteiger partial charge in [-0.25, -0.2) is 4.98 Å². The highest BCUT2D eigenvalue weighted by Gasteiger charge is 2.18. The number of morpholine rings is 1. The zero-order chi connectivity index (χ0) is 13.1. The minimum absolute atomic E-state index is 0.231. The van der Waals surface area contributed by atoms with Crippen LogP contribution in [0.1, 0.15) is 19.2 Å². The van der Waals surface area contributed by atoms with E-state index in [4.69, 9.17) is 9.72 Å². The van der Waals surface area contributed by atoms with Gasteiger partial charge in [0.1, 0.15) is 11.3 Å². The molecular weight excluding hydrogens is 240 g/mol. The van der Waals surface area contributed by atoms with Crippen molar-refractivity contribution < 1.29 is 4.74 Å². The van der Waals surface area contributed by atoms with E-state index in [0.717, 1.165) is 50.4 Å². The van der Waals surface area contributed by atoms with Gasteiger partial charge in [0.2, 0.25) is 0 Å². The van der Waals surface area contributed by atoms with Crippen LogP contribution >= 0.6 is 0 Å². The molecule has 2 aromatic rings. The van der Waals surface area contributed by atoms with Crippen molar-refractivity contribution in [1.29, 1.82) is 0 Å². The van der Waals surface area contributed by atoms with E-state index in [1.165, 1.54) is 5.52 Å². The van der Waals surface area contributed by atoms with Gasteiger partial charge in [-0.15, -0.1) is 0 Å². The van der Waals surface area contributed by atoms with E-state index in [9.17, 15) is 0 Å². The Morgan fingerprint density at radius 2 is 2.47 bits per heavy atom. The Labute approximate surface area is 113 Å². The lowest BCUT2D eigenvalue weighted by Gasteiger charge is -2.23. The Hall–Kier alpha value is -1.46. The number of nitrogens with zero attached hydrogens (tertiary/aromatic N) is 3. The molecule has 0 aromatic carbocycles. The zero-order valence-corrected chi connectivity index (χ0v) is 11.3. The van der Waals surface area contributed by atoms with Crippen molar-refractivity contribution >= 4 is 11.0 Å². The largest absolute Gasteiger partial charge is 0.375 e. The van der Waals surface area contributed by atoms with Crippen LogP contribution in [0, 0.1) is 0 Å². The number of hydrogen-bond donors (Lipinski definition) is 1. The predicted octanol–water partition coefficient (Wildman–Crippen LogP) is 1.37. The van der Waals surface area contributed by atoms with Crippen molar-refractivity contribution in [3.8, 4) is 0 Å². The van der Waals surface area contributed by atoms with Gasteiger partial charge in [0.05, 0.1) is 24.4 Å². The molecule has 5 nitrogen and oxygen atoms in total. The molecule has 3 rings (SSSR count). The monoisotopic (exact) mass is 260 g/mol. The fraction of sp³-hybridized carbons (Fsp3) is 0.571. The van der Waals surface area contributed by atoms with Crippen LogP contribution in [0.4, 0.5) is 0 Å². The van der Waals surface area contributed by atoms with Crippen LogP contribution < -0.4 is 5.32 Å². The van der Waals surface area contributed by atoms with Crippen molar-refractivity contribution in [1.82, 2.24) is 19.9 Å². The van der Waals surface area contributed by atoms with Crippen molar-refractivity contribution in [2.24, 2.45) is 0 Å². The second kappa shape index (κ2) is 5.67. The minimum Gasteiger partial charge on any atom is -0.375 e. The van der Waals surface area contributed by atoms with E-state index in [1.54, 1.807) is 0 Å². The van der Waals surface area contributed by atoms with Gasteiger partial charge in [-0.1, -0.05) is 6.92 Å². The first-order valence-corrected chi connectivity index (χ1v) is 7.00. The lowest BCUT2D eigenvalue weighted by Crippen LogP contribution is -2.40.